The monoisotopic (exact) mass is 304 g/mol. The molecule has 5 heteroatoms. The van der Waals surface area contributed by atoms with E-state index in [1.54, 1.807) is 17.4 Å². The summed E-state index contributed by atoms with van der Waals surface area (Å²) in [6.45, 7) is 8.15. The van der Waals surface area contributed by atoms with Crippen LogP contribution in [0.2, 0.25) is 0 Å². The highest BCUT2D eigenvalue weighted by Crippen LogP contribution is 2.29. The zero-order valence-electron chi connectivity index (χ0n) is 13.0. The van der Waals surface area contributed by atoms with Crippen molar-refractivity contribution in [1.29, 1.82) is 0 Å². The number of anilines is 1. The van der Waals surface area contributed by atoms with Crippen LogP contribution in [0.5, 0.6) is 0 Å². The van der Waals surface area contributed by atoms with E-state index in [4.69, 9.17) is 4.74 Å². The van der Waals surface area contributed by atoms with E-state index < -0.39 is 0 Å². The Morgan fingerprint density at radius 1 is 1.33 bits per heavy atom. The first-order valence-corrected chi connectivity index (χ1v) is 7.63. The van der Waals surface area contributed by atoms with Crippen molar-refractivity contribution in [3.8, 4) is 0 Å². The van der Waals surface area contributed by atoms with Gasteiger partial charge in [-0.2, -0.15) is 0 Å². The minimum absolute atomic E-state index is 0.141. The van der Waals surface area contributed by atoms with Crippen LogP contribution in [0, 0.1) is 20.8 Å². The molecule has 1 aromatic heterocycles. The zero-order valence-corrected chi connectivity index (χ0v) is 13.8. The molecule has 2 rings (SSSR count). The Morgan fingerprint density at radius 2 is 2.05 bits per heavy atom. The molecule has 1 atom stereocenters. The highest BCUT2D eigenvalue weighted by atomic mass is 32.1. The third-order valence-corrected chi connectivity index (χ3v) is 4.62. The second kappa shape index (κ2) is 6.26. The molecule has 0 aliphatic rings. The number of thiazole rings is 1. The smallest absolute Gasteiger partial charge is 0.337 e. The van der Waals surface area contributed by atoms with E-state index in [9.17, 15) is 4.79 Å². The minimum atomic E-state index is -0.324. The van der Waals surface area contributed by atoms with E-state index in [-0.39, 0.29) is 12.0 Å². The second-order valence-corrected chi connectivity index (χ2v) is 6.30. The maximum absolute atomic E-state index is 11.6. The molecule has 0 saturated carbocycles. The first kappa shape index (κ1) is 15.5. The molecule has 1 heterocycles. The van der Waals surface area contributed by atoms with Gasteiger partial charge in [-0.1, -0.05) is 6.07 Å². The van der Waals surface area contributed by atoms with Crippen molar-refractivity contribution in [2.75, 3.05) is 12.4 Å². The van der Waals surface area contributed by atoms with Crippen molar-refractivity contribution in [1.82, 2.24) is 4.98 Å². The molecule has 1 N–H and O–H groups in total. The molecule has 0 saturated heterocycles. The lowest BCUT2D eigenvalue weighted by molar-refractivity contribution is 0.0601. The van der Waals surface area contributed by atoms with Gasteiger partial charge >= 0.3 is 5.97 Å². The highest BCUT2D eigenvalue weighted by Gasteiger charge is 2.15. The first-order chi connectivity index (χ1) is 9.92. The van der Waals surface area contributed by atoms with Gasteiger partial charge < -0.3 is 10.1 Å². The summed E-state index contributed by atoms with van der Waals surface area (Å²) in [5, 5.41) is 4.53. The van der Waals surface area contributed by atoms with Crippen molar-refractivity contribution in [2.24, 2.45) is 0 Å². The topological polar surface area (TPSA) is 51.2 Å². The van der Waals surface area contributed by atoms with Crippen LogP contribution in [-0.2, 0) is 4.74 Å². The minimum Gasteiger partial charge on any atom is -0.465 e. The maximum Gasteiger partial charge on any atom is 0.337 e. The number of nitrogens with one attached hydrogen (secondary N) is 1. The molecule has 112 valence electrons. The third kappa shape index (κ3) is 3.42. The van der Waals surface area contributed by atoms with Crippen molar-refractivity contribution in [2.45, 2.75) is 33.7 Å². The van der Waals surface area contributed by atoms with Gasteiger partial charge in [-0.15, -0.1) is 11.3 Å². The van der Waals surface area contributed by atoms with Gasteiger partial charge in [-0.3, -0.25) is 0 Å². The lowest BCUT2D eigenvalue weighted by Gasteiger charge is -2.17. The SMILES string of the molecule is COC(=O)c1ccc(C)c(NC(C)c2sc(C)nc2C)c1. The lowest BCUT2D eigenvalue weighted by Crippen LogP contribution is -2.09. The van der Waals surface area contributed by atoms with Crippen molar-refractivity contribution in [3.63, 3.8) is 0 Å². The number of carbonyl (C=O) groups excluding carboxylic acids is 1. The van der Waals surface area contributed by atoms with Crippen LogP contribution in [0.1, 0.15) is 44.5 Å². The van der Waals surface area contributed by atoms with E-state index in [1.165, 1.54) is 12.0 Å². The fraction of sp³-hybridized carbons (Fsp3) is 0.375. The molecule has 4 nitrogen and oxygen atoms in total. The summed E-state index contributed by atoms with van der Waals surface area (Å²) in [5.41, 5.74) is 3.64. The summed E-state index contributed by atoms with van der Waals surface area (Å²) in [4.78, 5) is 17.3. The average Bonchev–Trinajstić information content (AvgIpc) is 2.79. The Hall–Kier alpha value is -1.88. The lowest BCUT2D eigenvalue weighted by atomic mass is 10.1. The summed E-state index contributed by atoms with van der Waals surface area (Å²) >= 11 is 1.70. The standard InChI is InChI=1S/C16H20N2O2S/c1-9-6-7-13(16(19)20-5)8-14(9)18-11(3)15-10(2)17-12(4)21-15/h6-8,11,18H,1-5H3. The number of ether oxygens (including phenoxy) is 1. The van der Waals surface area contributed by atoms with Crippen LogP contribution >= 0.6 is 11.3 Å². The number of esters is 1. The number of rotatable bonds is 4. The molecular weight excluding hydrogens is 284 g/mol. The quantitative estimate of drug-likeness (QED) is 0.867. The Balaban J connectivity index is 2.26. The van der Waals surface area contributed by atoms with Crippen LogP contribution in [0.4, 0.5) is 5.69 Å². The van der Waals surface area contributed by atoms with Crippen molar-refractivity contribution < 1.29 is 9.53 Å². The number of hydrogen-bond acceptors (Lipinski definition) is 5. The summed E-state index contributed by atoms with van der Waals surface area (Å²) in [6.07, 6.45) is 0. The van der Waals surface area contributed by atoms with Gasteiger partial charge in [0.05, 0.1) is 29.4 Å². The van der Waals surface area contributed by atoms with Crippen LogP contribution in [0.3, 0.4) is 0 Å². The zero-order chi connectivity index (χ0) is 15.6. The molecule has 0 amide bonds. The number of hydrogen-bond donors (Lipinski definition) is 1. The van der Waals surface area contributed by atoms with Crippen molar-refractivity contribution in [3.05, 3.63) is 44.9 Å². The second-order valence-electron chi connectivity index (χ2n) is 5.07. The number of carbonyl (C=O) groups is 1. The molecule has 0 radical (unpaired) electrons. The molecule has 1 unspecified atom stereocenters. The molecule has 0 bridgehead atoms. The fourth-order valence-corrected chi connectivity index (χ4v) is 3.20. The van der Waals surface area contributed by atoms with Crippen LogP contribution < -0.4 is 5.32 Å². The van der Waals surface area contributed by atoms with Crippen LogP contribution in [0.15, 0.2) is 18.2 Å². The summed E-state index contributed by atoms with van der Waals surface area (Å²) in [6, 6.07) is 5.68. The molecular formula is C16H20N2O2S. The third-order valence-electron chi connectivity index (χ3n) is 3.36. The van der Waals surface area contributed by atoms with Gasteiger partial charge in [-0.25, -0.2) is 9.78 Å². The Bertz CT molecular complexity index is 664. The number of aryl methyl sites for hydroxylation is 3. The average molecular weight is 304 g/mol. The van der Waals surface area contributed by atoms with Crippen molar-refractivity contribution >= 4 is 23.0 Å². The normalized spacial score (nSPS) is 12.0. The van der Waals surface area contributed by atoms with Crippen LogP contribution in [0.25, 0.3) is 0 Å². The Labute approximate surface area is 129 Å². The largest absolute Gasteiger partial charge is 0.465 e. The Morgan fingerprint density at radius 3 is 2.62 bits per heavy atom. The first-order valence-electron chi connectivity index (χ1n) is 6.81. The van der Waals surface area contributed by atoms with Gasteiger partial charge in [0.25, 0.3) is 0 Å². The van der Waals surface area contributed by atoms with E-state index in [0.717, 1.165) is 22.0 Å². The number of benzene rings is 1. The molecule has 0 aliphatic heterocycles. The predicted molar refractivity (Wildman–Crippen MR) is 86.1 cm³/mol. The fourth-order valence-electron chi connectivity index (χ4n) is 2.27. The highest BCUT2D eigenvalue weighted by molar-refractivity contribution is 7.11. The van der Waals surface area contributed by atoms with Gasteiger partial charge in [-0.05, 0) is 45.4 Å². The number of aromatic nitrogens is 1. The Kier molecular flexibility index (Phi) is 4.63. The molecule has 2 aromatic rings. The van der Waals surface area contributed by atoms with E-state index >= 15 is 0 Å². The summed E-state index contributed by atoms with van der Waals surface area (Å²) < 4.78 is 4.77. The molecule has 1 aromatic carbocycles. The van der Waals surface area contributed by atoms with Crippen LogP contribution in [-0.4, -0.2) is 18.1 Å². The van der Waals surface area contributed by atoms with E-state index in [0.29, 0.717) is 5.56 Å². The number of methoxy groups -OCH3 is 1. The molecule has 0 fully saturated rings. The molecule has 0 aliphatic carbocycles. The summed E-state index contributed by atoms with van der Waals surface area (Å²) in [5.74, 6) is -0.324. The van der Waals surface area contributed by atoms with E-state index in [1.807, 2.05) is 32.9 Å². The molecule has 0 spiro atoms. The van der Waals surface area contributed by atoms with Gasteiger partial charge in [0.15, 0.2) is 0 Å². The number of nitrogens with zero attached hydrogens (tertiary/aromatic N) is 1. The summed E-state index contributed by atoms with van der Waals surface area (Å²) in [7, 11) is 1.39. The van der Waals surface area contributed by atoms with Gasteiger partial charge in [0.2, 0.25) is 0 Å². The van der Waals surface area contributed by atoms with Gasteiger partial charge in [0, 0.05) is 10.6 Å². The van der Waals surface area contributed by atoms with Gasteiger partial charge in [0.1, 0.15) is 0 Å². The maximum atomic E-state index is 11.6. The molecule has 21 heavy (non-hydrogen) atoms. The van der Waals surface area contributed by atoms with E-state index in [2.05, 4.69) is 17.2 Å². The predicted octanol–water partition coefficient (Wildman–Crippen LogP) is 4.03.